The minimum atomic E-state index is -0.987. The number of nitrogens with zero attached hydrogens (tertiary/aromatic N) is 1. The molecule has 5 heteroatoms. The highest BCUT2D eigenvalue weighted by Gasteiger charge is 2.27. The number of nitrogens with one attached hydrogen (secondary N) is 1. The molecule has 0 aliphatic heterocycles. The Balaban J connectivity index is 1.51. The molecule has 2 aromatic rings. The lowest BCUT2D eigenvalue weighted by molar-refractivity contribution is 0.0340. The number of hydrogen-bond acceptors (Lipinski definition) is 5. The molecule has 3 rings (SSSR count). The number of thiazole rings is 1. The van der Waals surface area contributed by atoms with E-state index < -0.39 is 5.60 Å². The maximum atomic E-state index is 10.3. The molecule has 102 valence electrons. The average Bonchev–Trinajstić information content (AvgIpc) is 2.92. The molecule has 1 fully saturated rings. The number of rotatable bonds is 6. The number of aromatic nitrogens is 1. The Morgan fingerprint density at radius 3 is 3.11 bits per heavy atom. The van der Waals surface area contributed by atoms with Gasteiger partial charge in [0.05, 0.1) is 17.0 Å². The highest BCUT2D eigenvalue weighted by Crippen LogP contribution is 2.41. The molecule has 0 amide bonds. The smallest absolute Gasteiger partial charge is 0.136 e. The van der Waals surface area contributed by atoms with E-state index in [1.54, 1.807) is 36.7 Å². The van der Waals surface area contributed by atoms with Crippen molar-refractivity contribution in [2.75, 3.05) is 6.54 Å². The monoisotopic (exact) mass is 278 g/mol. The summed E-state index contributed by atoms with van der Waals surface area (Å²) in [6.45, 7) is 2.87. The third kappa shape index (κ3) is 3.05. The van der Waals surface area contributed by atoms with Gasteiger partial charge in [-0.1, -0.05) is 0 Å². The lowest BCUT2D eigenvalue weighted by atomic mass is 10.0. The molecule has 1 saturated carbocycles. The highest BCUT2D eigenvalue weighted by atomic mass is 32.1. The molecule has 0 spiro atoms. The zero-order chi connectivity index (χ0) is 13.3. The predicted molar refractivity (Wildman–Crippen MR) is 74.1 cm³/mol. The fourth-order valence-corrected chi connectivity index (χ4v) is 3.02. The van der Waals surface area contributed by atoms with Crippen LogP contribution in [0.2, 0.25) is 0 Å². The van der Waals surface area contributed by atoms with Crippen LogP contribution in [-0.2, 0) is 12.1 Å². The molecular formula is C14H18N2O2S. The van der Waals surface area contributed by atoms with E-state index in [2.05, 4.69) is 15.7 Å². The van der Waals surface area contributed by atoms with Crippen molar-refractivity contribution in [2.24, 2.45) is 0 Å². The Kier molecular flexibility index (Phi) is 3.43. The standard InChI is InChI=1S/C14H18N2O2S/c1-14(17,12-3-2-6-18-12)9-15-7-11-8-19-13(16-11)10-4-5-10/h2-3,6,8,10,15,17H,4-5,7,9H2,1H3. The number of furan rings is 1. The van der Waals surface area contributed by atoms with Crippen molar-refractivity contribution in [1.29, 1.82) is 0 Å². The van der Waals surface area contributed by atoms with E-state index in [1.165, 1.54) is 17.8 Å². The molecule has 1 aliphatic carbocycles. The van der Waals surface area contributed by atoms with Crippen LogP contribution in [0.15, 0.2) is 28.2 Å². The number of hydrogen-bond donors (Lipinski definition) is 2. The van der Waals surface area contributed by atoms with E-state index in [4.69, 9.17) is 4.42 Å². The van der Waals surface area contributed by atoms with Gasteiger partial charge >= 0.3 is 0 Å². The second-order valence-corrected chi connectivity index (χ2v) is 6.20. The SMILES string of the molecule is CC(O)(CNCc1csc(C2CC2)n1)c1ccco1. The first-order chi connectivity index (χ1) is 9.15. The zero-order valence-corrected chi connectivity index (χ0v) is 11.7. The van der Waals surface area contributed by atoms with E-state index in [9.17, 15) is 5.11 Å². The lowest BCUT2D eigenvalue weighted by Crippen LogP contribution is -2.34. The summed E-state index contributed by atoms with van der Waals surface area (Å²) in [4.78, 5) is 4.61. The molecule has 1 atom stereocenters. The highest BCUT2D eigenvalue weighted by molar-refractivity contribution is 7.09. The lowest BCUT2D eigenvalue weighted by Gasteiger charge is -2.20. The van der Waals surface area contributed by atoms with Crippen LogP contribution in [-0.4, -0.2) is 16.6 Å². The summed E-state index contributed by atoms with van der Waals surface area (Å²) in [6, 6.07) is 3.57. The Morgan fingerprint density at radius 2 is 2.42 bits per heavy atom. The summed E-state index contributed by atoms with van der Waals surface area (Å²) >= 11 is 1.74. The molecule has 2 aromatic heterocycles. The quantitative estimate of drug-likeness (QED) is 0.853. The van der Waals surface area contributed by atoms with Crippen molar-refractivity contribution in [1.82, 2.24) is 10.3 Å². The van der Waals surface area contributed by atoms with Crippen LogP contribution in [0.5, 0.6) is 0 Å². The summed E-state index contributed by atoms with van der Waals surface area (Å²) < 4.78 is 5.24. The van der Waals surface area contributed by atoms with Gasteiger partial charge in [0.2, 0.25) is 0 Å². The fraction of sp³-hybridized carbons (Fsp3) is 0.500. The minimum absolute atomic E-state index is 0.441. The summed E-state index contributed by atoms with van der Waals surface area (Å²) in [7, 11) is 0. The van der Waals surface area contributed by atoms with E-state index in [1.807, 2.05) is 0 Å². The molecule has 2 N–H and O–H groups in total. The molecular weight excluding hydrogens is 260 g/mol. The first kappa shape index (κ1) is 12.8. The van der Waals surface area contributed by atoms with Gasteiger partial charge in [0, 0.05) is 24.4 Å². The van der Waals surface area contributed by atoms with E-state index in [0.29, 0.717) is 24.8 Å². The third-order valence-corrected chi connectivity index (χ3v) is 4.38. The molecule has 0 radical (unpaired) electrons. The van der Waals surface area contributed by atoms with Gasteiger partial charge in [-0.05, 0) is 31.9 Å². The first-order valence-corrected chi connectivity index (χ1v) is 7.44. The van der Waals surface area contributed by atoms with Crippen molar-refractivity contribution in [3.05, 3.63) is 40.2 Å². The van der Waals surface area contributed by atoms with Gasteiger partial charge < -0.3 is 14.8 Å². The van der Waals surface area contributed by atoms with Gasteiger partial charge in [0.25, 0.3) is 0 Å². The van der Waals surface area contributed by atoms with Gasteiger partial charge in [0.15, 0.2) is 0 Å². The molecule has 2 heterocycles. The Labute approximate surface area is 116 Å². The van der Waals surface area contributed by atoms with Gasteiger partial charge in [-0.2, -0.15) is 0 Å². The van der Waals surface area contributed by atoms with Crippen molar-refractivity contribution < 1.29 is 9.52 Å². The van der Waals surface area contributed by atoms with Gasteiger partial charge in [-0.3, -0.25) is 0 Å². The zero-order valence-electron chi connectivity index (χ0n) is 10.9. The topological polar surface area (TPSA) is 58.3 Å². The maximum Gasteiger partial charge on any atom is 0.136 e. The summed E-state index contributed by atoms with van der Waals surface area (Å²) in [5.41, 5.74) is 0.0703. The first-order valence-electron chi connectivity index (χ1n) is 6.56. The van der Waals surface area contributed by atoms with Crippen LogP contribution < -0.4 is 5.32 Å². The van der Waals surface area contributed by atoms with Crippen LogP contribution in [0.4, 0.5) is 0 Å². The third-order valence-electron chi connectivity index (χ3n) is 3.32. The van der Waals surface area contributed by atoms with E-state index in [0.717, 1.165) is 5.69 Å². The van der Waals surface area contributed by atoms with Gasteiger partial charge in [-0.25, -0.2) is 4.98 Å². The maximum absolute atomic E-state index is 10.3. The Bertz CT molecular complexity index is 529. The molecule has 19 heavy (non-hydrogen) atoms. The minimum Gasteiger partial charge on any atom is -0.466 e. The van der Waals surface area contributed by atoms with Gasteiger partial charge in [-0.15, -0.1) is 11.3 Å². The molecule has 0 aromatic carbocycles. The van der Waals surface area contributed by atoms with Crippen molar-refractivity contribution in [3.63, 3.8) is 0 Å². The van der Waals surface area contributed by atoms with Crippen LogP contribution in [0, 0.1) is 0 Å². The molecule has 1 unspecified atom stereocenters. The van der Waals surface area contributed by atoms with Gasteiger partial charge in [0.1, 0.15) is 11.4 Å². The summed E-state index contributed by atoms with van der Waals surface area (Å²) in [5, 5.41) is 16.9. The average molecular weight is 278 g/mol. The molecule has 1 aliphatic rings. The largest absolute Gasteiger partial charge is 0.466 e. The van der Waals surface area contributed by atoms with Crippen LogP contribution >= 0.6 is 11.3 Å². The molecule has 0 saturated heterocycles. The Morgan fingerprint density at radius 1 is 1.58 bits per heavy atom. The van der Waals surface area contributed by atoms with Crippen LogP contribution in [0.3, 0.4) is 0 Å². The van der Waals surface area contributed by atoms with E-state index in [-0.39, 0.29) is 0 Å². The second-order valence-electron chi connectivity index (χ2n) is 5.31. The normalized spacial score (nSPS) is 18.4. The summed E-state index contributed by atoms with van der Waals surface area (Å²) in [5.74, 6) is 1.29. The second kappa shape index (κ2) is 5.07. The predicted octanol–water partition coefficient (Wildman–Crippen LogP) is 2.61. The van der Waals surface area contributed by atoms with Crippen molar-refractivity contribution in [2.45, 2.75) is 37.8 Å². The molecule has 0 bridgehead atoms. The van der Waals surface area contributed by atoms with E-state index >= 15 is 0 Å². The van der Waals surface area contributed by atoms with Crippen molar-refractivity contribution in [3.8, 4) is 0 Å². The Hall–Kier alpha value is -1.17. The number of aliphatic hydroxyl groups is 1. The molecule has 4 nitrogen and oxygen atoms in total. The van der Waals surface area contributed by atoms with Crippen LogP contribution in [0.1, 0.15) is 42.1 Å². The summed E-state index contributed by atoms with van der Waals surface area (Å²) in [6.07, 6.45) is 4.15. The van der Waals surface area contributed by atoms with Crippen LogP contribution in [0.25, 0.3) is 0 Å². The van der Waals surface area contributed by atoms with Crippen molar-refractivity contribution >= 4 is 11.3 Å². The fourth-order valence-electron chi connectivity index (χ4n) is 2.03.